The van der Waals surface area contributed by atoms with Crippen molar-refractivity contribution < 1.29 is 9.53 Å². The lowest BCUT2D eigenvalue weighted by atomic mass is 10.2. The van der Waals surface area contributed by atoms with Crippen molar-refractivity contribution in [2.75, 3.05) is 32.4 Å². The van der Waals surface area contributed by atoms with Gasteiger partial charge in [-0.2, -0.15) is 0 Å². The van der Waals surface area contributed by atoms with Gasteiger partial charge < -0.3 is 14.5 Å². The molecule has 2 aromatic carbocycles. The standard InChI is InChI=1S/C20H23N3O2S/c1-26-19(21-18-10-6-3-7-11-18)22-12-14-23(15-13-22)20(24)25-16-17-8-4-2-5-9-17/h2-11H,12-16H2,1H3/b21-19+. The first-order valence-electron chi connectivity index (χ1n) is 8.64. The number of para-hydroxylation sites is 1. The second kappa shape index (κ2) is 9.29. The number of benzene rings is 2. The number of ether oxygens (including phenoxy) is 1. The van der Waals surface area contributed by atoms with Crippen molar-refractivity contribution in [1.82, 2.24) is 9.80 Å². The number of nitrogens with zero attached hydrogens (tertiary/aromatic N) is 3. The molecule has 0 radical (unpaired) electrons. The van der Waals surface area contributed by atoms with Gasteiger partial charge in [-0.25, -0.2) is 9.79 Å². The van der Waals surface area contributed by atoms with Crippen LogP contribution in [0, 0.1) is 0 Å². The van der Waals surface area contributed by atoms with Gasteiger partial charge in [0.25, 0.3) is 0 Å². The third kappa shape index (κ3) is 5.02. The minimum atomic E-state index is -0.251. The van der Waals surface area contributed by atoms with Gasteiger partial charge in [-0.1, -0.05) is 60.3 Å². The van der Waals surface area contributed by atoms with Crippen LogP contribution in [0.3, 0.4) is 0 Å². The van der Waals surface area contributed by atoms with Gasteiger partial charge in [-0.3, -0.25) is 0 Å². The van der Waals surface area contributed by atoms with E-state index in [0.29, 0.717) is 19.7 Å². The topological polar surface area (TPSA) is 45.1 Å². The van der Waals surface area contributed by atoms with E-state index in [4.69, 9.17) is 9.73 Å². The molecule has 0 aromatic heterocycles. The lowest BCUT2D eigenvalue weighted by Gasteiger charge is -2.35. The predicted molar refractivity (Wildman–Crippen MR) is 107 cm³/mol. The molecule has 5 nitrogen and oxygen atoms in total. The third-order valence-electron chi connectivity index (χ3n) is 4.18. The Balaban J connectivity index is 1.51. The average Bonchev–Trinajstić information content (AvgIpc) is 2.72. The smallest absolute Gasteiger partial charge is 0.410 e. The Labute approximate surface area is 158 Å². The summed E-state index contributed by atoms with van der Waals surface area (Å²) >= 11 is 1.63. The number of hydrogen-bond acceptors (Lipinski definition) is 4. The van der Waals surface area contributed by atoms with Crippen molar-refractivity contribution in [1.29, 1.82) is 0 Å². The summed E-state index contributed by atoms with van der Waals surface area (Å²) < 4.78 is 5.42. The van der Waals surface area contributed by atoms with Crippen molar-refractivity contribution in [3.63, 3.8) is 0 Å². The van der Waals surface area contributed by atoms with E-state index < -0.39 is 0 Å². The molecule has 1 amide bonds. The summed E-state index contributed by atoms with van der Waals surface area (Å²) in [5, 5.41) is 0.980. The molecule has 0 N–H and O–H groups in total. The van der Waals surface area contributed by atoms with Crippen LogP contribution < -0.4 is 0 Å². The van der Waals surface area contributed by atoms with E-state index in [-0.39, 0.29) is 6.09 Å². The minimum absolute atomic E-state index is 0.251. The van der Waals surface area contributed by atoms with E-state index in [2.05, 4.69) is 4.90 Å². The Morgan fingerprint density at radius 2 is 1.54 bits per heavy atom. The first-order valence-corrected chi connectivity index (χ1v) is 9.87. The molecule has 0 unspecified atom stereocenters. The zero-order valence-corrected chi connectivity index (χ0v) is 15.7. The van der Waals surface area contributed by atoms with E-state index in [9.17, 15) is 4.79 Å². The molecule has 0 bridgehead atoms. The Bertz CT molecular complexity index is 729. The summed E-state index contributed by atoms with van der Waals surface area (Å²) in [4.78, 5) is 21.0. The van der Waals surface area contributed by atoms with Crippen LogP contribution in [0.4, 0.5) is 10.5 Å². The maximum absolute atomic E-state index is 12.3. The Hall–Kier alpha value is -2.47. The Kier molecular flexibility index (Phi) is 6.55. The van der Waals surface area contributed by atoms with Crippen LogP contribution in [0.5, 0.6) is 0 Å². The average molecular weight is 369 g/mol. The normalized spacial score (nSPS) is 15.0. The van der Waals surface area contributed by atoms with Crippen molar-refractivity contribution in [2.24, 2.45) is 4.99 Å². The SMILES string of the molecule is CS/C(=N/c1ccccc1)N1CCN(C(=O)OCc2ccccc2)CC1. The van der Waals surface area contributed by atoms with Crippen LogP contribution in [0.15, 0.2) is 65.7 Å². The van der Waals surface area contributed by atoms with Gasteiger partial charge in [0, 0.05) is 26.2 Å². The Morgan fingerprint density at radius 3 is 2.15 bits per heavy atom. The Morgan fingerprint density at radius 1 is 0.962 bits per heavy atom. The molecule has 3 rings (SSSR count). The molecule has 2 aromatic rings. The van der Waals surface area contributed by atoms with Gasteiger partial charge in [0.05, 0.1) is 5.69 Å². The summed E-state index contributed by atoms with van der Waals surface area (Å²) in [6.07, 6.45) is 1.78. The molecule has 1 aliphatic rings. The highest BCUT2D eigenvalue weighted by molar-refractivity contribution is 8.13. The van der Waals surface area contributed by atoms with Crippen LogP contribution in [-0.2, 0) is 11.3 Å². The highest BCUT2D eigenvalue weighted by Gasteiger charge is 2.23. The number of carbonyl (C=O) groups is 1. The zero-order valence-electron chi connectivity index (χ0n) is 14.9. The van der Waals surface area contributed by atoms with Crippen molar-refractivity contribution >= 4 is 28.7 Å². The van der Waals surface area contributed by atoms with Gasteiger partial charge in [0.15, 0.2) is 5.17 Å². The van der Waals surface area contributed by atoms with E-state index in [1.54, 1.807) is 16.7 Å². The second-order valence-electron chi connectivity index (χ2n) is 5.95. The molecule has 1 heterocycles. The molecular formula is C20H23N3O2S. The molecule has 1 fully saturated rings. The number of thioether (sulfide) groups is 1. The predicted octanol–water partition coefficient (Wildman–Crippen LogP) is 3.99. The summed E-state index contributed by atoms with van der Waals surface area (Å²) in [5.74, 6) is 0. The quantitative estimate of drug-likeness (QED) is 0.606. The number of carbonyl (C=O) groups excluding carboxylic acids is 1. The van der Waals surface area contributed by atoms with Crippen molar-refractivity contribution in [3.8, 4) is 0 Å². The molecule has 0 atom stereocenters. The molecule has 1 saturated heterocycles. The van der Waals surface area contributed by atoms with Gasteiger partial charge in [0.2, 0.25) is 0 Å². The molecular weight excluding hydrogens is 346 g/mol. The molecule has 0 aliphatic carbocycles. The van der Waals surface area contributed by atoms with E-state index in [0.717, 1.165) is 29.5 Å². The first kappa shape index (κ1) is 18.3. The van der Waals surface area contributed by atoms with Crippen LogP contribution in [-0.4, -0.2) is 53.5 Å². The minimum Gasteiger partial charge on any atom is -0.445 e. The summed E-state index contributed by atoms with van der Waals surface area (Å²) in [6.45, 7) is 3.11. The molecule has 0 saturated carbocycles. The second-order valence-corrected chi connectivity index (χ2v) is 6.72. The van der Waals surface area contributed by atoms with Gasteiger partial charge >= 0.3 is 6.09 Å². The fraction of sp³-hybridized carbons (Fsp3) is 0.300. The molecule has 26 heavy (non-hydrogen) atoms. The molecule has 6 heteroatoms. The molecule has 136 valence electrons. The summed E-state index contributed by atoms with van der Waals surface area (Å²) in [7, 11) is 0. The van der Waals surface area contributed by atoms with Crippen molar-refractivity contribution in [2.45, 2.75) is 6.61 Å². The first-order chi connectivity index (χ1) is 12.8. The number of piperazine rings is 1. The lowest BCUT2D eigenvalue weighted by molar-refractivity contribution is 0.0829. The number of rotatable bonds is 3. The van der Waals surface area contributed by atoms with Crippen LogP contribution >= 0.6 is 11.8 Å². The van der Waals surface area contributed by atoms with Crippen LogP contribution in [0.25, 0.3) is 0 Å². The highest BCUT2D eigenvalue weighted by atomic mass is 32.2. The number of amidine groups is 1. The lowest BCUT2D eigenvalue weighted by Crippen LogP contribution is -2.50. The van der Waals surface area contributed by atoms with E-state index in [1.807, 2.05) is 66.9 Å². The fourth-order valence-electron chi connectivity index (χ4n) is 2.75. The third-order valence-corrected chi connectivity index (χ3v) is 4.89. The molecule has 0 spiro atoms. The fourth-order valence-corrected chi connectivity index (χ4v) is 3.39. The number of hydrogen-bond donors (Lipinski definition) is 0. The highest BCUT2D eigenvalue weighted by Crippen LogP contribution is 2.17. The molecule has 1 aliphatic heterocycles. The van der Waals surface area contributed by atoms with E-state index in [1.165, 1.54) is 0 Å². The zero-order chi connectivity index (χ0) is 18.2. The number of aliphatic imine (C=N–C) groups is 1. The van der Waals surface area contributed by atoms with Gasteiger partial charge in [-0.15, -0.1) is 0 Å². The van der Waals surface area contributed by atoms with E-state index >= 15 is 0 Å². The number of amides is 1. The maximum Gasteiger partial charge on any atom is 0.410 e. The monoisotopic (exact) mass is 369 g/mol. The van der Waals surface area contributed by atoms with Gasteiger partial charge in [-0.05, 0) is 24.0 Å². The van der Waals surface area contributed by atoms with Crippen molar-refractivity contribution in [3.05, 3.63) is 66.2 Å². The summed E-state index contributed by atoms with van der Waals surface area (Å²) in [5.41, 5.74) is 1.95. The van der Waals surface area contributed by atoms with Gasteiger partial charge in [0.1, 0.15) is 6.61 Å². The largest absolute Gasteiger partial charge is 0.445 e. The van der Waals surface area contributed by atoms with Crippen LogP contribution in [0.2, 0.25) is 0 Å². The van der Waals surface area contributed by atoms with Crippen LogP contribution in [0.1, 0.15) is 5.56 Å². The maximum atomic E-state index is 12.3. The summed E-state index contributed by atoms with van der Waals surface area (Å²) in [6, 6.07) is 19.7.